The molecule has 3 N–H and O–H groups in total. The number of fused-ring (bicyclic) bond motifs is 2. The molecule has 1 aromatic heterocycles. The second-order valence-corrected chi connectivity index (χ2v) is 6.15. The Kier molecular flexibility index (Phi) is 3.25. The topological polar surface area (TPSA) is 48.0 Å². The molecule has 4 rings (SSSR count). The van der Waals surface area contributed by atoms with Gasteiger partial charge in [-0.05, 0) is 41.7 Å². The maximum atomic E-state index is 10.9. The highest BCUT2D eigenvalue weighted by Gasteiger charge is 2.35. The van der Waals surface area contributed by atoms with Crippen LogP contribution in [0.5, 0.6) is 0 Å². The van der Waals surface area contributed by atoms with Crippen molar-refractivity contribution < 1.29 is 5.11 Å². The van der Waals surface area contributed by atoms with Crippen LogP contribution in [-0.2, 0) is 18.6 Å². The molecular formula is C19H20N2O. The molecule has 0 aliphatic heterocycles. The van der Waals surface area contributed by atoms with Crippen molar-refractivity contribution in [2.45, 2.75) is 25.0 Å². The molecule has 3 aromatic rings. The average molecular weight is 292 g/mol. The Labute approximate surface area is 130 Å². The molecule has 0 saturated heterocycles. The molecule has 1 atom stereocenters. The van der Waals surface area contributed by atoms with Crippen LogP contribution in [0.25, 0.3) is 10.9 Å². The summed E-state index contributed by atoms with van der Waals surface area (Å²) >= 11 is 0. The second-order valence-electron chi connectivity index (χ2n) is 6.15. The van der Waals surface area contributed by atoms with Gasteiger partial charge >= 0.3 is 0 Å². The largest absolute Gasteiger partial charge is 0.384 e. The summed E-state index contributed by atoms with van der Waals surface area (Å²) in [5, 5.41) is 15.6. The Morgan fingerprint density at radius 2 is 2.00 bits per heavy atom. The lowest BCUT2D eigenvalue weighted by Crippen LogP contribution is -2.36. The minimum Gasteiger partial charge on any atom is -0.384 e. The van der Waals surface area contributed by atoms with Gasteiger partial charge in [0.25, 0.3) is 0 Å². The Bertz CT molecular complexity index is 808. The molecule has 0 radical (unpaired) electrons. The van der Waals surface area contributed by atoms with E-state index in [-0.39, 0.29) is 0 Å². The predicted octanol–water partition coefficient (Wildman–Crippen LogP) is 3.09. The molecule has 3 heteroatoms. The van der Waals surface area contributed by atoms with Crippen molar-refractivity contribution in [2.75, 3.05) is 6.54 Å². The van der Waals surface area contributed by atoms with E-state index in [0.717, 1.165) is 30.5 Å². The molecule has 1 unspecified atom stereocenters. The number of aromatic nitrogens is 1. The van der Waals surface area contributed by atoms with Crippen molar-refractivity contribution in [2.24, 2.45) is 0 Å². The van der Waals surface area contributed by atoms with E-state index in [0.29, 0.717) is 6.54 Å². The monoisotopic (exact) mass is 292 g/mol. The van der Waals surface area contributed by atoms with Gasteiger partial charge < -0.3 is 15.4 Å². The molecule has 1 heterocycles. The molecule has 112 valence electrons. The first-order chi connectivity index (χ1) is 10.8. The SMILES string of the molecule is OC1(CNCc2cccc3[nH]ccc23)CCc2ccccc21. The van der Waals surface area contributed by atoms with E-state index in [1.54, 1.807) is 0 Å². The van der Waals surface area contributed by atoms with Crippen LogP contribution in [0.15, 0.2) is 54.7 Å². The highest BCUT2D eigenvalue weighted by Crippen LogP contribution is 2.36. The van der Waals surface area contributed by atoms with Crippen molar-refractivity contribution in [3.05, 3.63) is 71.4 Å². The molecule has 0 spiro atoms. The molecule has 1 aliphatic carbocycles. The van der Waals surface area contributed by atoms with Crippen LogP contribution >= 0.6 is 0 Å². The fourth-order valence-electron chi connectivity index (χ4n) is 3.56. The van der Waals surface area contributed by atoms with E-state index < -0.39 is 5.60 Å². The zero-order valence-corrected chi connectivity index (χ0v) is 12.5. The number of hydrogen-bond acceptors (Lipinski definition) is 2. The van der Waals surface area contributed by atoms with Gasteiger partial charge in [0, 0.05) is 30.2 Å². The average Bonchev–Trinajstić information content (AvgIpc) is 3.14. The molecule has 0 bridgehead atoms. The standard InChI is InChI=1S/C19H20N2O/c22-19(10-8-14-4-1-2-6-17(14)19)13-20-12-15-5-3-7-18-16(15)9-11-21-18/h1-7,9,11,20-22H,8,10,12-13H2. The molecule has 0 fully saturated rings. The van der Waals surface area contributed by atoms with E-state index in [2.05, 4.69) is 46.7 Å². The van der Waals surface area contributed by atoms with Crippen molar-refractivity contribution in [1.29, 1.82) is 0 Å². The second kappa shape index (κ2) is 5.27. The zero-order valence-electron chi connectivity index (χ0n) is 12.5. The van der Waals surface area contributed by atoms with Crippen LogP contribution in [0.2, 0.25) is 0 Å². The maximum Gasteiger partial charge on any atom is 0.103 e. The van der Waals surface area contributed by atoms with Crippen molar-refractivity contribution in [3.8, 4) is 0 Å². The summed E-state index contributed by atoms with van der Waals surface area (Å²) in [5.41, 5.74) is 4.04. The summed E-state index contributed by atoms with van der Waals surface area (Å²) < 4.78 is 0. The highest BCUT2D eigenvalue weighted by atomic mass is 16.3. The number of aromatic amines is 1. The maximum absolute atomic E-state index is 10.9. The van der Waals surface area contributed by atoms with E-state index in [1.165, 1.54) is 16.5 Å². The summed E-state index contributed by atoms with van der Waals surface area (Å²) in [6, 6.07) is 16.6. The quantitative estimate of drug-likeness (QED) is 0.692. The minimum absolute atomic E-state index is 0.588. The number of aryl methyl sites for hydroxylation is 1. The third-order valence-electron chi connectivity index (χ3n) is 4.74. The smallest absolute Gasteiger partial charge is 0.103 e. The van der Waals surface area contributed by atoms with Gasteiger partial charge in [0.1, 0.15) is 5.60 Å². The van der Waals surface area contributed by atoms with Crippen LogP contribution < -0.4 is 5.32 Å². The summed E-state index contributed by atoms with van der Waals surface area (Å²) in [4.78, 5) is 3.23. The first kappa shape index (κ1) is 13.6. The van der Waals surface area contributed by atoms with Gasteiger partial charge in [-0.3, -0.25) is 0 Å². The lowest BCUT2D eigenvalue weighted by molar-refractivity contribution is 0.0385. The Morgan fingerprint density at radius 3 is 2.95 bits per heavy atom. The predicted molar refractivity (Wildman–Crippen MR) is 88.7 cm³/mol. The number of aliphatic hydroxyl groups is 1. The molecule has 2 aromatic carbocycles. The van der Waals surface area contributed by atoms with Crippen LogP contribution in [0.4, 0.5) is 0 Å². The van der Waals surface area contributed by atoms with Gasteiger partial charge in [-0.25, -0.2) is 0 Å². The molecule has 22 heavy (non-hydrogen) atoms. The highest BCUT2D eigenvalue weighted by molar-refractivity contribution is 5.82. The molecule has 0 saturated carbocycles. The van der Waals surface area contributed by atoms with Gasteiger partial charge in [0.05, 0.1) is 0 Å². The van der Waals surface area contributed by atoms with Gasteiger partial charge in [-0.15, -0.1) is 0 Å². The Hall–Kier alpha value is -2.10. The Balaban J connectivity index is 1.49. The van der Waals surface area contributed by atoms with Crippen LogP contribution in [0.3, 0.4) is 0 Å². The van der Waals surface area contributed by atoms with Gasteiger partial charge in [-0.1, -0.05) is 36.4 Å². The van der Waals surface area contributed by atoms with E-state index in [1.807, 2.05) is 18.3 Å². The van der Waals surface area contributed by atoms with E-state index in [9.17, 15) is 5.11 Å². The number of benzene rings is 2. The fourth-order valence-corrected chi connectivity index (χ4v) is 3.56. The number of rotatable bonds is 4. The third kappa shape index (κ3) is 2.23. The zero-order chi connectivity index (χ0) is 15.0. The number of hydrogen-bond donors (Lipinski definition) is 3. The van der Waals surface area contributed by atoms with E-state index in [4.69, 9.17) is 0 Å². The lowest BCUT2D eigenvalue weighted by atomic mass is 9.96. The number of nitrogens with one attached hydrogen (secondary N) is 2. The van der Waals surface area contributed by atoms with Gasteiger partial charge in [0.15, 0.2) is 0 Å². The minimum atomic E-state index is -0.733. The number of H-pyrrole nitrogens is 1. The molecular weight excluding hydrogens is 272 g/mol. The molecule has 3 nitrogen and oxygen atoms in total. The molecule has 1 aliphatic rings. The van der Waals surface area contributed by atoms with Gasteiger partial charge in [0.2, 0.25) is 0 Å². The van der Waals surface area contributed by atoms with E-state index >= 15 is 0 Å². The lowest BCUT2D eigenvalue weighted by Gasteiger charge is -2.24. The van der Waals surface area contributed by atoms with Crippen LogP contribution in [0, 0.1) is 0 Å². The summed E-state index contributed by atoms with van der Waals surface area (Å²) in [7, 11) is 0. The van der Waals surface area contributed by atoms with Gasteiger partial charge in [-0.2, -0.15) is 0 Å². The third-order valence-corrected chi connectivity index (χ3v) is 4.74. The summed E-state index contributed by atoms with van der Waals surface area (Å²) in [5.74, 6) is 0. The van der Waals surface area contributed by atoms with Crippen molar-refractivity contribution in [1.82, 2.24) is 10.3 Å². The van der Waals surface area contributed by atoms with Crippen LogP contribution in [-0.4, -0.2) is 16.6 Å². The van der Waals surface area contributed by atoms with Crippen molar-refractivity contribution >= 4 is 10.9 Å². The van der Waals surface area contributed by atoms with Crippen molar-refractivity contribution in [3.63, 3.8) is 0 Å². The Morgan fingerprint density at radius 1 is 1.09 bits per heavy atom. The van der Waals surface area contributed by atoms with Crippen LogP contribution in [0.1, 0.15) is 23.1 Å². The molecule has 0 amide bonds. The normalized spacial score (nSPS) is 20.4. The summed E-state index contributed by atoms with van der Waals surface area (Å²) in [6.45, 7) is 1.35. The first-order valence-electron chi connectivity index (χ1n) is 7.83. The summed E-state index contributed by atoms with van der Waals surface area (Å²) in [6.07, 6.45) is 3.73. The fraction of sp³-hybridized carbons (Fsp3) is 0.263. The first-order valence-corrected chi connectivity index (χ1v) is 7.83.